The topological polar surface area (TPSA) is 81.5 Å². The number of allylic oxidation sites excluding steroid dienone is 1. The molecule has 1 aliphatic rings. The van der Waals surface area contributed by atoms with Gasteiger partial charge in [-0.2, -0.15) is 0 Å². The zero-order valence-corrected chi connectivity index (χ0v) is 21.2. The highest BCUT2D eigenvalue weighted by Gasteiger charge is 2.24. The highest BCUT2D eigenvalue weighted by Crippen LogP contribution is 2.40. The van der Waals surface area contributed by atoms with Gasteiger partial charge in [0.1, 0.15) is 17.1 Å². The van der Waals surface area contributed by atoms with Crippen LogP contribution in [0.25, 0.3) is 27.7 Å². The van der Waals surface area contributed by atoms with Crippen LogP contribution < -0.4 is 9.47 Å². The molecule has 1 aliphatic heterocycles. The third kappa shape index (κ3) is 5.17. The fraction of sp³-hybridized carbons (Fsp3) is 0.357. The summed E-state index contributed by atoms with van der Waals surface area (Å²) in [6.45, 7) is 8.23. The Morgan fingerprint density at radius 3 is 2.39 bits per heavy atom. The number of para-hydroxylation sites is 1. The molecule has 0 atom stereocenters. The monoisotopic (exact) mass is 492 g/mol. The number of nitrogens with zero attached hydrogens (tertiary/aromatic N) is 2. The van der Waals surface area contributed by atoms with Crippen molar-refractivity contribution < 1.29 is 28.2 Å². The molecule has 2 aromatic carbocycles. The Kier molecular flexibility index (Phi) is 7.83. The fourth-order valence-electron chi connectivity index (χ4n) is 4.39. The fourth-order valence-corrected chi connectivity index (χ4v) is 4.39. The maximum absolute atomic E-state index is 13.1. The Balaban J connectivity index is 1.63. The lowest BCUT2D eigenvalue weighted by molar-refractivity contribution is -0.127. The van der Waals surface area contributed by atoms with Gasteiger partial charge in [0.15, 0.2) is 0 Å². The molecule has 190 valence electrons. The van der Waals surface area contributed by atoms with Gasteiger partial charge in [-0.25, -0.2) is 4.79 Å². The Bertz CT molecular complexity index is 1270. The second kappa shape index (κ2) is 11.2. The van der Waals surface area contributed by atoms with E-state index >= 15 is 0 Å². The number of amides is 2. The third-order valence-corrected chi connectivity index (χ3v) is 6.25. The van der Waals surface area contributed by atoms with Crippen molar-refractivity contribution in [3.63, 3.8) is 0 Å². The first-order chi connectivity index (χ1) is 17.5. The molecule has 0 saturated carbocycles. The Morgan fingerprint density at radius 1 is 0.972 bits per heavy atom. The molecule has 1 fully saturated rings. The number of ether oxygens (including phenoxy) is 3. The molecule has 0 aliphatic carbocycles. The molecule has 0 bridgehead atoms. The lowest BCUT2D eigenvalue weighted by Gasteiger charge is -2.33. The SMILES string of the molecule is CCOC(=O)N1CCN(C(=O)/C=C(\C)c2cc3c(-c4ccccc4OC)coc3cc2OCC)CC1. The summed E-state index contributed by atoms with van der Waals surface area (Å²) in [5.41, 5.74) is 4.12. The predicted molar refractivity (Wildman–Crippen MR) is 138 cm³/mol. The summed E-state index contributed by atoms with van der Waals surface area (Å²) in [4.78, 5) is 28.4. The number of benzene rings is 2. The van der Waals surface area contributed by atoms with Crippen LogP contribution in [0.1, 0.15) is 26.3 Å². The van der Waals surface area contributed by atoms with Crippen molar-refractivity contribution in [2.24, 2.45) is 0 Å². The van der Waals surface area contributed by atoms with E-state index in [9.17, 15) is 9.59 Å². The van der Waals surface area contributed by atoms with E-state index in [4.69, 9.17) is 18.6 Å². The summed E-state index contributed by atoms with van der Waals surface area (Å²) in [6.07, 6.45) is 3.01. The van der Waals surface area contributed by atoms with Gasteiger partial charge in [-0.3, -0.25) is 4.79 Å². The molecule has 2 heterocycles. The number of piperazine rings is 1. The van der Waals surface area contributed by atoms with Gasteiger partial charge in [0.05, 0.1) is 26.6 Å². The molecule has 2 amide bonds. The zero-order valence-electron chi connectivity index (χ0n) is 21.2. The largest absolute Gasteiger partial charge is 0.496 e. The minimum atomic E-state index is -0.336. The van der Waals surface area contributed by atoms with Crippen LogP contribution in [0.3, 0.4) is 0 Å². The quantitative estimate of drug-likeness (QED) is 0.421. The first-order valence-corrected chi connectivity index (χ1v) is 12.2. The number of fused-ring (bicyclic) bond motifs is 1. The highest BCUT2D eigenvalue weighted by atomic mass is 16.6. The van der Waals surface area contributed by atoms with Crippen LogP contribution in [-0.4, -0.2) is 68.3 Å². The predicted octanol–water partition coefficient (Wildman–Crippen LogP) is 5.21. The van der Waals surface area contributed by atoms with Crippen molar-refractivity contribution in [2.45, 2.75) is 20.8 Å². The molecular formula is C28H32N2O6. The number of carbonyl (C=O) groups excluding carboxylic acids is 2. The smallest absolute Gasteiger partial charge is 0.409 e. The molecule has 0 spiro atoms. The normalized spacial score (nSPS) is 14.2. The van der Waals surface area contributed by atoms with E-state index in [2.05, 4.69) is 0 Å². The second-order valence-electron chi connectivity index (χ2n) is 8.47. The van der Waals surface area contributed by atoms with Gasteiger partial charge in [0.2, 0.25) is 5.91 Å². The van der Waals surface area contributed by atoms with Crippen molar-refractivity contribution in [3.05, 3.63) is 54.3 Å². The van der Waals surface area contributed by atoms with Gasteiger partial charge >= 0.3 is 6.09 Å². The van der Waals surface area contributed by atoms with Crippen LogP contribution in [0.5, 0.6) is 11.5 Å². The molecule has 4 rings (SSSR count). The van der Waals surface area contributed by atoms with E-state index < -0.39 is 0 Å². The summed E-state index contributed by atoms with van der Waals surface area (Å²) < 4.78 is 22.4. The molecule has 36 heavy (non-hydrogen) atoms. The molecule has 8 nitrogen and oxygen atoms in total. The van der Waals surface area contributed by atoms with Crippen molar-refractivity contribution in [3.8, 4) is 22.6 Å². The minimum absolute atomic E-state index is 0.101. The molecule has 8 heteroatoms. The zero-order chi connectivity index (χ0) is 25.7. The molecule has 3 aromatic rings. The maximum Gasteiger partial charge on any atom is 0.409 e. The van der Waals surface area contributed by atoms with E-state index in [1.165, 1.54) is 0 Å². The number of hydrogen-bond donors (Lipinski definition) is 0. The Labute approximate surface area is 211 Å². The number of hydrogen-bond acceptors (Lipinski definition) is 6. The Morgan fingerprint density at radius 2 is 1.69 bits per heavy atom. The summed E-state index contributed by atoms with van der Waals surface area (Å²) in [5.74, 6) is 1.30. The summed E-state index contributed by atoms with van der Waals surface area (Å²) in [5, 5.41) is 0.904. The number of rotatable bonds is 7. The van der Waals surface area contributed by atoms with Crippen LogP contribution in [0.15, 0.2) is 53.2 Å². The Hall–Kier alpha value is -3.94. The lowest BCUT2D eigenvalue weighted by Crippen LogP contribution is -2.50. The molecule has 0 unspecified atom stereocenters. The van der Waals surface area contributed by atoms with Crippen LogP contribution in [-0.2, 0) is 9.53 Å². The molecule has 0 N–H and O–H groups in total. The van der Waals surface area contributed by atoms with Crippen molar-refractivity contribution >= 4 is 28.5 Å². The van der Waals surface area contributed by atoms with Crippen LogP contribution in [0.4, 0.5) is 4.79 Å². The van der Waals surface area contributed by atoms with E-state index in [1.807, 2.05) is 50.2 Å². The standard InChI is InChI=1S/C28H32N2O6/c1-5-34-25-17-26-22(23(18-36-26)20-9-7-8-10-24(20)33-4)16-21(25)19(3)15-27(31)29-11-13-30(14-12-29)28(32)35-6-2/h7-10,15-18H,5-6,11-14H2,1-4H3/b19-15+. The minimum Gasteiger partial charge on any atom is -0.496 e. The van der Waals surface area contributed by atoms with Crippen LogP contribution in [0, 0.1) is 0 Å². The van der Waals surface area contributed by atoms with Crippen molar-refractivity contribution in [2.75, 3.05) is 46.5 Å². The summed E-state index contributed by atoms with van der Waals surface area (Å²) in [6, 6.07) is 11.7. The molecule has 1 saturated heterocycles. The average Bonchev–Trinajstić information content (AvgIpc) is 3.31. The van der Waals surface area contributed by atoms with Gasteiger partial charge < -0.3 is 28.4 Å². The van der Waals surface area contributed by atoms with E-state index in [-0.39, 0.29) is 12.0 Å². The van der Waals surface area contributed by atoms with Gasteiger partial charge in [0.25, 0.3) is 0 Å². The second-order valence-corrected chi connectivity index (χ2v) is 8.47. The molecule has 0 radical (unpaired) electrons. The third-order valence-electron chi connectivity index (χ3n) is 6.25. The van der Waals surface area contributed by atoms with Crippen molar-refractivity contribution in [1.82, 2.24) is 9.80 Å². The van der Waals surface area contributed by atoms with Crippen molar-refractivity contribution in [1.29, 1.82) is 0 Å². The van der Waals surface area contributed by atoms with Crippen LogP contribution in [0.2, 0.25) is 0 Å². The highest BCUT2D eigenvalue weighted by molar-refractivity contribution is 6.01. The van der Waals surface area contributed by atoms with Gasteiger partial charge in [-0.15, -0.1) is 0 Å². The van der Waals surface area contributed by atoms with Gasteiger partial charge in [-0.1, -0.05) is 18.2 Å². The van der Waals surface area contributed by atoms with E-state index in [0.717, 1.165) is 33.4 Å². The summed E-state index contributed by atoms with van der Waals surface area (Å²) in [7, 11) is 1.64. The van der Waals surface area contributed by atoms with Gasteiger partial charge in [-0.05, 0) is 38.5 Å². The van der Waals surface area contributed by atoms with Gasteiger partial charge in [0, 0.05) is 60.4 Å². The average molecular weight is 493 g/mol. The molecular weight excluding hydrogens is 460 g/mol. The number of furan rings is 1. The van der Waals surface area contributed by atoms with Crippen LogP contribution >= 0.6 is 0 Å². The number of carbonyl (C=O) groups is 2. The molecule has 1 aromatic heterocycles. The van der Waals surface area contributed by atoms with E-state index in [1.54, 1.807) is 36.2 Å². The van der Waals surface area contributed by atoms with E-state index in [0.29, 0.717) is 50.7 Å². The number of methoxy groups -OCH3 is 1. The maximum atomic E-state index is 13.1. The summed E-state index contributed by atoms with van der Waals surface area (Å²) >= 11 is 0. The first kappa shape index (κ1) is 25.2. The first-order valence-electron chi connectivity index (χ1n) is 12.2. The lowest BCUT2D eigenvalue weighted by atomic mass is 9.98.